The van der Waals surface area contributed by atoms with Gasteiger partial charge in [0.05, 0.1) is 30.5 Å². The molecule has 136 valence electrons. The number of halogens is 3. The van der Waals surface area contributed by atoms with Gasteiger partial charge in [0, 0.05) is 24.9 Å². The SMILES string of the molecule is COCc1nn(-c2ccnc3c(C(F)(F)F)cccc23)cc1C(=O)OC. The standard InChI is InChI=1S/C17H14F3N3O3/c1-25-9-13-11(16(24)26-2)8-23(22-13)14-6-7-21-15-10(14)4-3-5-12(15)17(18,19)20/h3-8H,9H2,1-2H3. The van der Waals surface area contributed by atoms with Crippen LogP contribution in [-0.2, 0) is 22.3 Å². The fraction of sp³-hybridized carbons (Fsp3) is 0.235. The molecule has 0 fully saturated rings. The number of hydrogen-bond acceptors (Lipinski definition) is 5. The third-order valence-corrected chi connectivity index (χ3v) is 3.78. The monoisotopic (exact) mass is 365 g/mol. The molecule has 6 nitrogen and oxygen atoms in total. The van der Waals surface area contributed by atoms with Crippen LogP contribution in [0.15, 0.2) is 36.7 Å². The molecule has 26 heavy (non-hydrogen) atoms. The molecule has 9 heteroatoms. The van der Waals surface area contributed by atoms with Crippen molar-refractivity contribution in [3.05, 3.63) is 53.5 Å². The Morgan fingerprint density at radius 3 is 2.65 bits per heavy atom. The number of aromatic nitrogens is 3. The summed E-state index contributed by atoms with van der Waals surface area (Å²) in [4.78, 5) is 15.8. The van der Waals surface area contributed by atoms with Crippen molar-refractivity contribution < 1.29 is 27.4 Å². The van der Waals surface area contributed by atoms with E-state index in [-0.39, 0.29) is 23.1 Å². The molecule has 0 N–H and O–H groups in total. The predicted octanol–water partition coefficient (Wildman–Crippen LogP) is 3.37. The fourth-order valence-corrected chi connectivity index (χ4v) is 2.65. The largest absolute Gasteiger partial charge is 0.465 e. The maximum atomic E-state index is 13.2. The zero-order valence-corrected chi connectivity index (χ0v) is 13.9. The lowest BCUT2D eigenvalue weighted by atomic mass is 10.1. The van der Waals surface area contributed by atoms with Crippen molar-refractivity contribution in [2.45, 2.75) is 12.8 Å². The predicted molar refractivity (Wildman–Crippen MR) is 85.9 cm³/mol. The number of alkyl halides is 3. The number of methoxy groups -OCH3 is 2. The Morgan fingerprint density at radius 2 is 2.00 bits per heavy atom. The summed E-state index contributed by atoms with van der Waals surface area (Å²) in [6.45, 7) is 0.0499. The second kappa shape index (κ2) is 6.75. The van der Waals surface area contributed by atoms with Gasteiger partial charge in [-0.1, -0.05) is 12.1 Å². The van der Waals surface area contributed by atoms with Crippen molar-refractivity contribution >= 4 is 16.9 Å². The summed E-state index contributed by atoms with van der Waals surface area (Å²) in [6.07, 6.45) is -1.87. The number of ether oxygens (including phenoxy) is 2. The van der Waals surface area contributed by atoms with E-state index in [1.807, 2.05) is 0 Å². The van der Waals surface area contributed by atoms with Crippen LogP contribution in [0, 0.1) is 0 Å². The molecule has 3 rings (SSSR count). The molecule has 0 unspecified atom stereocenters. The van der Waals surface area contributed by atoms with E-state index >= 15 is 0 Å². The first-order valence-corrected chi connectivity index (χ1v) is 7.48. The van der Waals surface area contributed by atoms with Gasteiger partial charge in [-0.2, -0.15) is 18.3 Å². The average molecular weight is 365 g/mol. The van der Waals surface area contributed by atoms with Crippen LogP contribution in [0.2, 0.25) is 0 Å². The van der Waals surface area contributed by atoms with E-state index in [0.717, 1.165) is 6.07 Å². The van der Waals surface area contributed by atoms with Crippen LogP contribution in [0.1, 0.15) is 21.6 Å². The summed E-state index contributed by atoms with van der Waals surface area (Å²) in [6, 6.07) is 5.31. The lowest BCUT2D eigenvalue weighted by Gasteiger charge is -2.12. The molecule has 0 aliphatic rings. The van der Waals surface area contributed by atoms with Crippen molar-refractivity contribution in [3.63, 3.8) is 0 Å². The van der Waals surface area contributed by atoms with E-state index in [2.05, 4.69) is 10.1 Å². The van der Waals surface area contributed by atoms with Crippen molar-refractivity contribution in [1.82, 2.24) is 14.8 Å². The third kappa shape index (κ3) is 3.13. The van der Waals surface area contributed by atoms with Crippen molar-refractivity contribution in [2.24, 2.45) is 0 Å². The van der Waals surface area contributed by atoms with E-state index in [9.17, 15) is 18.0 Å². The van der Waals surface area contributed by atoms with E-state index in [4.69, 9.17) is 9.47 Å². The third-order valence-electron chi connectivity index (χ3n) is 3.78. The van der Waals surface area contributed by atoms with Gasteiger partial charge in [0.1, 0.15) is 11.3 Å². The number of benzene rings is 1. The zero-order chi connectivity index (χ0) is 18.9. The minimum absolute atomic E-state index is 0.0499. The number of hydrogen-bond donors (Lipinski definition) is 0. The average Bonchev–Trinajstić information content (AvgIpc) is 3.03. The summed E-state index contributed by atoms with van der Waals surface area (Å²) in [5.74, 6) is -0.613. The van der Waals surface area contributed by atoms with Gasteiger partial charge in [-0.15, -0.1) is 0 Å². The maximum absolute atomic E-state index is 13.2. The number of fused-ring (bicyclic) bond motifs is 1. The highest BCUT2D eigenvalue weighted by atomic mass is 19.4. The first-order chi connectivity index (χ1) is 12.4. The minimum Gasteiger partial charge on any atom is -0.465 e. The second-order valence-corrected chi connectivity index (χ2v) is 5.39. The number of esters is 1. The normalized spacial score (nSPS) is 11.7. The van der Waals surface area contributed by atoms with Crippen LogP contribution in [0.5, 0.6) is 0 Å². The molecule has 0 bridgehead atoms. The molecule has 0 saturated heterocycles. The van der Waals surface area contributed by atoms with Gasteiger partial charge < -0.3 is 9.47 Å². The Balaban J connectivity index is 2.22. The molecular weight excluding hydrogens is 351 g/mol. The molecule has 0 aliphatic carbocycles. The van der Waals surface area contributed by atoms with Gasteiger partial charge in [-0.3, -0.25) is 4.98 Å². The van der Waals surface area contributed by atoms with Gasteiger partial charge in [-0.25, -0.2) is 9.48 Å². The van der Waals surface area contributed by atoms with Gasteiger partial charge in [0.2, 0.25) is 0 Å². The Hall–Kier alpha value is -2.94. The topological polar surface area (TPSA) is 66.2 Å². The Bertz CT molecular complexity index is 967. The molecule has 0 aliphatic heterocycles. The molecule has 2 aromatic heterocycles. The molecule has 0 spiro atoms. The second-order valence-electron chi connectivity index (χ2n) is 5.39. The number of nitrogens with zero attached hydrogens (tertiary/aromatic N) is 3. The molecular formula is C17H14F3N3O3. The highest BCUT2D eigenvalue weighted by molar-refractivity contribution is 5.92. The number of carbonyl (C=O) groups excluding carboxylic acids is 1. The Labute approximate surface area is 146 Å². The highest BCUT2D eigenvalue weighted by Crippen LogP contribution is 2.35. The van der Waals surface area contributed by atoms with Gasteiger partial charge >= 0.3 is 12.1 Å². The minimum atomic E-state index is -4.53. The quantitative estimate of drug-likeness (QED) is 0.663. The molecule has 0 saturated carbocycles. The van der Waals surface area contributed by atoms with Crippen LogP contribution < -0.4 is 0 Å². The molecule has 0 amide bonds. The molecule has 3 aromatic rings. The van der Waals surface area contributed by atoms with Crippen LogP contribution in [0.4, 0.5) is 13.2 Å². The van der Waals surface area contributed by atoms with E-state index in [1.54, 1.807) is 0 Å². The van der Waals surface area contributed by atoms with Crippen LogP contribution >= 0.6 is 0 Å². The van der Waals surface area contributed by atoms with Crippen molar-refractivity contribution in [1.29, 1.82) is 0 Å². The fourth-order valence-electron chi connectivity index (χ4n) is 2.65. The summed E-state index contributed by atoms with van der Waals surface area (Å²) in [5, 5.41) is 4.52. The summed E-state index contributed by atoms with van der Waals surface area (Å²) in [7, 11) is 2.67. The lowest BCUT2D eigenvalue weighted by Crippen LogP contribution is -2.07. The number of pyridine rings is 1. The maximum Gasteiger partial charge on any atom is 0.418 e. The number of carbonyl (C=O) groups is 1. The van der Waals surface area contributed by atoms with E-state index in [0.29, 0.717) is 11.4 Å². The first kappa shape index (κ1) is 17.9. The molecule has 0 radical (unpaired) electrons. The smallest absolute Gasteiger partial charge is 0.418 e. The van der Waals surface area contributed by atoms with E-state index in [1.165, 1.54) is 49.5 Å². The summed E-state index contributed by atoms with van der Waals surface area (Å²) >= 11 is 0. The Kier molecular flexibility index (Phi) is 4.64. The lowest BCUT2D eigenvalue weighted by molar-refractivity contribution is -0.136. The van der Waals surface area contributed by atoms with Gasteiger partial charge in [0.15, 0.2) is 0 Å². The first-order valence-electron chi connectivity index (χ1n) is 7.48. The zero-order valence-electron chi connectivity index (χ0n) is 13.9. The van der Waals surface area contributed by atoms with Gasteiger partial charge in [-0.05, 0) is 12.1 Å². The van der Waals surface area contributed by atoms with Crippen LogP contribution in [0.3, 0.4) is 0 Å². The summed E-state index contributed by atoms with van der Waals surface area (Å²) in [5.41, 5.74) is -0.189. The van der Waals surface area contributed by atoms with Crippen LogP contribution in [0.25, 0.3) is 16.6 Å². The molecule has 0 atom stereocenters. The van der Waals surface area contributed by atoms with E-state index < -0.39 is 17.7 Å². The number of para-hydroxylation sites is 1. The highest BCUT2D eigenvalue weighted by Gasteiger charge is 2.33. The van der Waals surface area contributed by atoms with Crippen molar-refractivity contribution in [3.8, 4) is 5.69 Å². The van der Waals surface area contributed by atoms with Crippen molar-refractivity contribution in [2.75, 3.05) is 14.2 Å². The van der Waals surface area contributed by atoms with Crippen LogP contribution in [-0.4, -0.2) is 35.0 Å². The molecule has 1 aromatic carbocycles. The summed E-state index contributed by atoms with van der Waals surface area (Å²) < 4.78 is 50.8. The molecule has 2 heterocycles. The van der Waals surface area contributed by atoms with Gasteiger partial charge in [0.25, 0.3) is 0 Å². The number of rotatable bonds is 4. The Morgan fingerprint density at radius 1 is 1.23 bits per heavy atom.